The van der Waals surface area contributed by atoms with Gasteiger partial charge in [-0.1, -0.05) is 48.5 Å². The van der Waals surface area contributed by atoms with Gasteiger partial charge in [0.1, 0.15) is 13.2 Å². The molecule has 0 spiro atoms. The third kappa shape index (κ3) is 5.80. The lowest BCUT2D eigenvalue weighted by Gasteiger charge is -2.33. The number of amides is 2. The minimum atomic E-state index is -1.00. The summed E-state index contributed by atoms with van der Waals surface area (Å²) >= 11 is 0. The normalized spacial score (nSPS) is 16.1. The van der Waals surface area contributed by atoms with Crippen LogP contribution in [0, 0.1) is 5.41 Å². The fourth-order valence-electron chi connectivity index (χ4n) is 4.59. The molecule has 0 atom stereocenters. The predicted molar refractivity (Wildman–Crippen MR) is 127 cm³/mol. The molecule has 0 unspecified atom stereocenters. The maximum absolute atomic E-state index is 12.2. The van der Waals surface area contributed by atoms with Crippen molar-refractivity contribution in [3.63, 3.8) is 0 Å². The molecule has 0 radical (unpaired) electrons. The number of rotatable bonds is 10. The number of carbonyl (C=O) groups excluding carboxylic acids is 2. The second kappa shape index (κ2) is 11.3. The molecule has 2 aromatic rings. The van der Waals surface area contributed by atoms with Crippen LogP contribution in [0.1, 0.15) is 29.9 Å². The molecule has 1 heterocycles. The van der Waals surface area contributed by atoms with Crippen molar-refractivity contribution in [1.82, 2.24) is 10.6 Å². The minimum absolute atomic E-state index is 0.0158. The maximum Gasteiger partial charge on any atom is 0.407 e. The summed E-state index contributed by atoms with van der Waals surface area (Å²) in [5, 5.41) is 14.8. The maximum atomic E-state index is 12.2. The van der Waals surface area contributed by atoms with Crippen molar-refractivity contribution in [3.05, 3.63) is 59.7 Å². The summed E-state index contributed by atoms with van der Waals surface area (Å²) in [5.74, 6) is -1.36. The van der Waals surface area contributed by atoms with Gasteiger partial charge in [0.15, 0.2) is 0 Å². The van der Waals surface area contributed by atoms with Crippen molar-refractivity contribution in [2.75, 3.05) is 46.1 Å². The topological polar surface area (TPSA) is 123 Å². The number of nitrogens with one attached hydrogen (secondary N) is 2. The molecule has 186 valence electrons. The van der Waals surface area contributed by atoms with E-state index in [1.54, 1.807) is 0 Å². The average molecular weight is 483 g/mol. The molecule has 1 aliphatic carbocycles. The van der Waals surface area contributed by atoms with Crippen LogP contribution in [0.2, 0.25) is 0 Å². The van der Waals surface area contributed by atoms with Crippen LogP contribution in [0.4, 0.5) is 4.79 Å². The Hall–Kier alpha value is -3.43. The summed E-state index contributed by atoms with van der Waals surface area (Å²) in [7, 11) is 0. The van der Waals surface area contributed by atoms with E-state index in [0.29, 0.717) is 26.1 Å². The van der Waals surface area contributed by atoms with E-state index in [9.17, 15) is 19.5 Å². The van der Waals surface area contributed by atoms with Crippen LogP contribution in [0.3, 0.4) is 0 Å². The van der Waals surface area contributed by atoms with E-state index in [-0.39, 0.29) is 38.8 Å². The molecular formula is C26H30N2O7. The Kier molecular flexibility index (Phi) is 7.99. The third-order valence-corrected chi connectivity index (χ3v) is 6.62. The van der Waals surface area contributed by atoms with Crippen LogP contribution >= 0.6 is 0 Å². The van der Waals surface area contributed by atoms with E-state index in [1.165, 1.54) is 0 Å². The number of alkyl carbamates (subject to hydrolysis) is 1. The summed E-state index contributed by atoms with van der Waals surface area (Å²) in [4.78, 5) is 35.8. The lowest BCUT2D eigenvalue weighted by molar-refractivity contribution is -0.154. The van der Waals surface area contributed by atoms with Crippen molar-refractivity contribution < 1.29 is 33.7 Å². The van der Waals surface area contributed by atoms with Gasteiger partial charge in [0.2, 0.25) is 5.91 Å². The first-order valence-electron chi connectivity index (χ1n) is 11.7. The van der Waals surface area contributed by atoms with Crippen LogP contribution < -0.4 is 10.6 Å². The third-order valence-electron chi connectivity index (χ3n) is 6.62. The lowest BCUT2D eigenvalue weighted by atomic mass is 9.80. The van der Waals surface area contributed by atoms with Gasteiger partial charge in [-0.2, -0.15) is 0 Å². The smallest absolute Gasteiger partial charge is 0.407 e. The van der Waals surface area contributed by atoms with Crippen LogP contribution in [-0.4, -0.2) is 69.2 Å². The van der Waals surface area contributed by atoms with Crippen molar-refractivity contribution in [3.8, 4) is 11.1 Å². The SMILES string of the molecule is O=C(COCCNC(=O)OCC1c2ccccc2-c2ccccc21)NCC1(C(=O)O)CCOCC1. The predicted octanol–water partition coefficient (Wildman–Crippen LogP) is 2.54. The van der Waals surface area contributed by atoms with Crippen LogP contribution in [-0.2, 0) is 23.8 Å². The molecule has 2 amide bonds. The quantitative estimate of drug-likeness (QED) is 0.445. The van der Waals surface area contributed by atoms with Gasteiger partial charge >= 0.3 is 12.1 Å². The molecule has 9 heteroatoms. The Bertz CT molecular complexity index is 1020. The standard InChI is InChI=1S/C26H30N2O7/c29-23(28-17-26(24(30)31)9-12-33-13-10-26)16-34-14-11-27-25(32)35-15-22-20-7-3-1-5-18(20)19-6-2-4-8-21(19)22/h1-8,22H,9-17H2,(H,27,32)(H,28,29)(H,30,31). The number of hydrogen-bond donors (Lipinski definition) is 3. The second-order valence-corrected chi connectivity index (χ2v) is 8.78. The zero-order valence-electron chi connectivity index (χ0n) is 19.5. The molecule has 0 saturated carbocycles. The van der Waals surface area contributed by atoms with E-state index in [0.717, 1.165) is 22.3 Å². The monoisotopic (exact) mass is 482 g/mol. The second-order valence-electron chi connectivity index (χ2n) is 8.78. The molecule has 1 saturated heterocycles. The average Bonchev–Trinajstić information content (AvgIpc) is 3.20. The fraction of sp³-hybridized carbons (Fsp3) is 0.423. The molecule has 2 aromatic carbocycles. The molecule has 1 aliphatic heterocycles. The number of hydrogen-bond acceptors (Lipinski definition) is 6. The Morgan fingerprint density at radius 3 is 2.23 bits per heavy atom. The summed E-state index contributed by atoms with van der Waals surface area (Å²) in [6.07, 6.45) is 0.156. The highest BCUT2D eigenvalue weighted by molar-refractivity contribution is 5.80. The number of carboxylic acid groups (broad SMARTS) is 1. The van der Waals surface area contributed by atoms with Gasteiger partial charge in [0.05, 0.1) is 12.0 Å². The van der Waals surface area contributed by atoms with Gasteiger partial charge in [-0.05, 0) is 35.1 Å². The molecule has 0 aromatic heterocycles. The van der Waals surface area contributed by atoms with Crippen LogP contribution in [0.15, 0.2) is 48.5 Å². The van der Waals surface area contributed by atoms with E-state index >= 15 is 0 Å². The van der Waals surface area contributed by atoms with Gasteiger partial charge < -0.3 is 30.0 Å². The van der Waals surface area contributed by atoms with Crippen molar-refractivity contribution in [2.24, 2.45) is 5.41 Å². The summed E-state index contributed by atoms with van der Waals surface area (Å²) in [6.45, 7) is 1.06. The van der Waals surface area contributed by atoms with Gasteiger partial charge in [-0.3, -0.25) is 9.59 Å². The largest absolute Gasteiger partial charge is 0.481 e. The number of carboxylic acids is 1. The van der Waals surface area contributed by atoms with E-state index in [2.05, 4.69) is 34.9 Å². The first kappa shape index (κ1) is 24.7. The summed E-state index contributed by atoms with van der Waals surface area (Å²) in [6, 6.07) is 16.2. The van der Waals surface area contributed by atoms with Gasteiger partial charge in [0.25, 0.3) is 0 Å². The van der Waals surface area contributed by atoms with Gasteiger partial charge in [0, 0.05) is 32.2 Å². The van der Waals surface area contributed by atoms with Crippen LogP contribution in [0.25, 0.3) is 11.1 Å². The van der Waals surface area contributed by atoms with Gasteiger partial charge in [-0.15, -0.1) is 0 Å². The summed E-state index contributed by atoms with van der Waals surface area (Å²) < 4.78 is 16.0. The first-order chi connectivity index (χ1) is 17.0. The molecule has 9 nitrogen and oxygen atoms in total. The van der Waals surface area contributed by atoms with Crippen molar-refractivity contribution in [1.29, 1.82) is 0 Å². The Labute approximate surface area is 203 Å². The molecule has 3 N–H and O–H groups in total. The first-order valence-corrected chi connectivity index (χ1v) is 11.7. The minimum Gasteiger partial charge on any atom is -0.481 e. The molecule has 1 fully saturated rings. The van der Waals surface area contributed by atoms with Gasteiger partial charge in [-0.25, -0.2) is 4.79 Å². The Morgan fingerprint density at radius 1 is 0.971 bits per heavy atom. The molecule has 35 heavy (non-hydrogen) atoms. The van der Waals surface area contributed by atoms with E-state index in [1.807, 2.05) is 24.3 Å². The highest BCUT2D eigenvalue weighted by Crippen LogP contribution is 2.44. The zero-order chi connectivity index (χ0) is 24.7. The Morgan fingerprint density at radius 2 is 1.60 bits per heavy atom. The number of carbonyl (C=O) groups is 3. The number of aliphatic carboxylic acids is 1. The van der Waals surface area contributed by atoms with Crippen LogP contribution in [0.5, 0.6) is 0 Å². The lowest BCUT2D eigenvalue weighted by Crippen LogP contribution is -2.47. The van der Waals surface area contributed by atoms with E-state index < -0.39 is 23.4 Å². The molecule has 0 bridgehead atoms. The molecule has 4 rings (SSSR count). The fourth-order valence-corrected chi connectivity index (χ4v) is 4.59. The highest BCUT2D eigenvalue weighted by Gasteiger charge is 2.40. The number of fused-ring (bicyclic) bond motifs is 3. The Balaban J connectivity index is 1.14. The number of ether oxygens (including phenoxy) is 3. The van der Waals surface area contributed by atoms with E-state index in [4.69, 9.17) is 14.2 Å². The van der Waals surface area contributed by atoms with Crippen molar-refractivity contribution >= 4 is 18.0 Å². The highest BCUT2D eigenvalue weighted by atomic mass is 16.5. The van der Waals surface area contributed by atoms with Crippen molar-refractivity contribution in [2.45, 2.75) is 18.8 Å². The summed E-state index contributed by atoms with van der Waals surface area (Å²) in [5.41, 5.74) is 3.60. The molecule has 2 aliphatic rings. The molecular weight excluding hydrogens is 452 g/mol. The zero-order valence-corrected chi connectivity index (χ0v) is 19.5. The number of benzene rings is 2.